The van der Waals surface area contributed by atoms with Gasteiger partial charge in [-0.25, -0.2) is 0 Å². The number of amides is 1. The summed E-state index contributed by atoms with van der Waals surface area (Å²) in [6.45, 7) is 1.72. The lowest BCUT2D eigenvalue weighted by Gasteiger charge is -2.05. The van der Waals surface area contributed by atoms with Gasteiger partial charge in [0.25, 0.3) is 5.91 Å². The Bertz CT molecular complexity index is 608. The summed E-state index contributed by atoms with van der Waals surface area (Å²) in [5, 5.41) is 10.1. The van der Waals surface area contributed by atoms with Gasteiger partial charge in [-0.1, -0.05) is 5.92 Å². The molecular weight excluding hydrogens is 216 g/mol. The minimum Gasteiger partial charge on any atom is -0.399 e. The number of benzene rings is 1. The smallest absolute Gasteiger partial charge is 0.273 e. The molecule has 0 aliphatic rings. The maximum atomic E-state index is 11.9. The van der Waals surface area contributed by atoms with E-state index in [1.54, 1.807) is 25.1 Å². The molecule has 0 radical (unpaired) electrons. The quantitative estimate of drug-likeness (QED) is 0.527. The number of fused-ring (bicyclic) bond motifs is 1. The van der Waals surface area contributed by atoms with E-state index in [-0.39, 0.29) is 11.9 Å². The van der Waals surface area contributed by atoms with Gasteiger partial charge in [0.15, 0.2) is 5.69 Å². The maximum Gasteiger partial charge on any atom is 0.273 e. The van der Waals surface area contributed by atoms with Crippen molar-refractivity contribution in [1.29, 1.82) is 0 Å². The molecule has 0 aliphatic carbocycles. The molecule has 1 amide bonds. The Hall–Kier alpha value is -2.48. The van der Waals surface area contributed by atoms with Gasteiger partial charge >= 0.3 is 0 Å². The van der Waals surface area contributed by atoms with E-state index >= 15 is 0 Å². The first-order valence-electron chi connectivity index (χ1n) is 5.12. The predicted octanol–water partition coefficient (Wildman–Crippen LogP) is 0.897. The fourth-order valence-electron chi connectivity index (χ4n) is 1.51. The first kappa shape index (κ1) is 11.0. The second kappa shape index (κ2) is 4.18. The van der Waals surface area contributed by atoms with Crippen LogP contribution >= 0.6 is 0 Å². The van der Waals surface area contributed by atoms with E-state index in [2.05, 4.69) is 21.4 Å². The predicted molar refractivity (Wildman–Crippen MR) is 66.3 cm³/mol. The second-order valence-corrected chi connectivity index (χ2v) is 3.74. The summed E-state index contributed by atoms with van der Waals surface area (Å²) < 4.78 is 0. The molecule has 2 aromatic rings. The Morgan fingerprint density at radius 2 is 2.41 bits per heavy atom. The van der Waals surface area contributed by atoms with Crippen LogP contribution in [0.1, 0.15) is 17.4 Å². The zero-order valence-corrected chi connectivity index (χ0v) is 9.32. The summed E-state index contributed by atoms with van der Waals surface area (Å²) in [5.74, 6) is 2.11. The molecular formula is C12H12N4O. The molecule has 1 aromatic heterocycles. The second-order valence-electron chi connectivity index (χ2n) is 3.74. The fourth-order valence-corrected chi connectivity index (χ4v) is 1.51. The third-order valence-electron chi connectivity index (χ3n) is 2.40. The lowest BCUT2D eigenvalue weighted by molar-refractivity contribution is 0.0944. The van der Waals surface area contributed by atoms with Crippen molar-refractivity contribution in [2.24, 2.45) is 0 Å². The Kier molecular flexibility index (Phi) is 2.71. The highest BCUT2D eigenvalue weighted by atomic mass is 16.2. The normalized spacial score (nSPS) is 12.0. The average molecular weight is 228 g/mol. The highest BCUT2D eigenvalue weighted by Gasteiger charge is 2.15. The molecule has 86 valence electrons. The Labute approximate surface area is 98.4 Å². The molecule has 0 saturated heterocycles. The van der Waals surface area contributed by atoms with Crippen molar-refractivity contribution in [3.63, 3.8) is 0 Å². The van der Waals surface area contributed by atoms with Crippen LogP contribution in [0.4, 0.5) is 5.69 Å². The minimum atomic E-state index is -0.338. The van der Waals surface area contributed by atoms with Crippen LogP contribution in [-0.2, 0) is 0 Å². The topological polar surface area (TPSA) is 83.8 Å². The number of nitrogens with one attached hydrogen (secondary N) is 2. The largest absolute Gasteiger partial charge is 0.399 e. The summed E-state index contributed by atoms with van der Waals surface area (Å²) in [6.07, 6.45) is 5.20. The van der Waals surface area contributed by atoms with Crippen molar-refractivity contribution in [3.05, 3.63) is 23.9 Å². The van der Waals surface area contributed by atoms with Crippen LogP contribution in [0.25, 0.3) is 10.9 Å². The summed E-state index contributed by atoms with van der Waals surface area (Å²) in [6, 6.07) is 4.88. The average Bonchev–Trinajstić information content (AvgIpc) is 2.71. The van der Waals surface area contributed by atoms with Gasteiger partial charge in [0.05, 0.1) is 11.6 Å². The lowest BCUT2D eigenvalue weighted by atomic mass is 10.2. The van der Waals surface area contributed by atoms with E-state index in [0.29, 0.717) is 16.8 Å². The summed E-state index contributed by atoms with van der Waals surface area (Å²) in [5.41, 5.74) is 7.32. The van der Waals surface area contributed by atoms with Crippen LogP contribution in [-0.4, -0.2) is 22.1 Å². The van der Waals surface area contributed by atoms with E-state index in [9.17, 15) is 4.79 Å². The zero-order chi connectivity index (χ0) is 12.4. The summed E-state index contributed by atoms with van der Waals surface area (Å²) >= 11 is 0. The highest BCUT2D eigenvalue weighted by molar-refractivity contribution is 6.05. The first-order chi connectivity index (χ1) is 8.11. The molecule has 0 saturated carbocycles. The number of aromatic amines is 1. The maximum absolute atomic E-state index is 11.9. The van der Waals surface area contributed by atoms with Crippen molar-refractivity contribution in [1.82, 2.24) is 15.5 Å². The molecule has 1 heterocycles. The number of anilines is 1. The molecule has 0 bridgehead atoms. The van der Waals surface area contributed by atoms with Gasteiger partial charge in [-0.2, -0.15) is 5.10 Å². The molecule has 4 N–H and O–H groups in total. The number of rotatable bonds is 2. The number of H-pyrrole nitrogens is 1. The van der Waals surface area contributed by atoms with E-state index in [4.69, 9.17) is 12.2 Å². The van der Waals surface area contributed by atoms with E-state index in [0.717, 1.165) is 5.52 Å². The molecule has 1 atom stereocenters. The van der Waals surface area contributed by atoms with Crippen LogP contribution in [0, 0.1) is 12.3 Å². The van der Waals surface area contributed by atoms with Gasteiger partial charge in [0.2, 0.25) is 0 Å². The van der Waals surface area contributed by atoms with Crippen molar-refractivity contribution >= 4 is 22.5 Å². The van der Waals surface area contributed by atoms with Crippen LogP contribution < -0.4 is 11.1 Å². The first-order valence-corrected chi connectivity index (χ1v) is 5.12. The van der Waals surface area contributed by atoms with Crippen molar-refractivity contribution in [2.45, 2.75) is 13.0 Å². The lowest BCUT2D eigenvalue weighted by Crippen LogP contribution is -2.31. The SMILES string of the molecule is C#CC(C)NC(=O)c1n[nH]c2ccc(N)cc12. The fraction of sp³-hybridized carbons (Fsp3) is 0.167. The van der Waals surface area contributed by atoms with E-state index in [1.807, 2.05) is 0 Å². The Morgan fingerprint density at radius 3 is 3.12 bits per heavy atom. The number of nitrogens with zero attached hydrogens (tertiary/aromatic N) is 1. The molecule has 2 rings (SSSR count). The number of carbonyl (C=O) groups is 1. The molecule has 17 heavy (non-hydrogen) atoms. The number of terminal acetylenes is 1. The van der Waals surface area contributed by atoms with Gasteiger partial charge in [-0.3, -0.25) is 9.89 Å². The molecule has 5 heteroatoms. The monoisotopic (exact) mass is 228 g/mol. The van der Waals surface area contributed by atoms with Crippen molar-refractivity contribution in [3.8, 4) is 12.3 Å². The highest BCUT2D eigenvalue weighted by Crippen LogP contribution is 2.18. The number of aromatic nitrogens is 2. The number of hydrogen-bond donors (Lipinski definition) is 3. The van der Waals surface area contributed by atoms with Crippen LogP contribution in [0.3, 0.4) is 0 Å². The molecule has 1 aromatic carbocycles. The molecule has 0 fully saturated rings. The van der Waals surface area contributed by atoms with E-state index < -0.39 is 0 Å². The number of carbonyl (C=O) groups excluding carboxylic acids is 1. The number of nitrogens with two attached hydrogens (primary N) is 1. The van der Waals surface area contributed by atoms with E-state index in [1.165, 1.54) is 0 Å². The number of hydrogen-bond acceptors (Lipinski definition) is 3. The van der Waals surface area contributed by atoms with Gasteiger partial charge in [0, 0.05) is 11.1 Å². The Morgan fingerprint density at radius 1 is 1.65 bits per heavy atom. The molecule has 0 aliphatic heterocycles. The Balaban J connectivity index is 2.39. The van der Waals surface area contributed by atoms with Crippen molar-refractivity contribution in [2.75, 3.05) is 5.73 Å². The zero-order valence-electron chi connectivity index (χ0n) is 9.32. The summed E-state index contributed by atoms with van der Waals surface area (Å²) in [4.78, 5) is 11.9. The van der Waals surface area contributed by atoms with Crippen LogP contribution in [0.15, 0.2) is 18.2 Å². The van der Waals surface area contributed by atoms with Gasteiger partial charge in [0.1, 0.15) is 0 Å². The standard InChI is InChI=1S/C12H12N4O/c1-3-7(2)14-12(17)11-9-6-8(13)4-5-10(9)15-16-11/h1,4-7H,13H2,2H3,(H,14,17)(H,15,16). The van der Waals surface area contributed by atoms with Gasteiger partial charge < -0.3 is 11.1 Å². The molecule has 5 nitrogen and oxygen atoms in total. The van der Waals surface area contributed by atoms with Gasteiger partial charge in [-0.05, 0) is 25.1 Å². The van der Waals surface area contributed by atoms with Gasteiger partial charge in [-0.15, -0.1) is 6.42 Å². The molecule has 1 unspecified atom stereocenters. The third-order valence-corrected chi connectivity index (χ3v) is 2.40. The number of nitrogen functional groups attached to an aromatic ring is 1. The van der Waals surface area contributed by atoms with Crippen LogP contribution in [0.2, 0.25) is 0 Å². The van der Waals surface area contributed by atoms with Crippen molar-refractivity contribution < 1.29 is 4.79 Å². The van der Waals surface area contributed by atoms with Crippen LogP contribution in [0.5, 0.6) is 0 Å². The summed E-state index contributed by atoms with van der Waals surface area (Å²) in [7, 11) is 0. The minimum absolute atomic E-state index is 0.300. The third kappa shape index (κ3) is 2.06. The molecule has 0 spiro atoms.